The van der Waals surface area contributed by atoms with Crippen LogP contribution in [0.1, 0.15) is 50.5 Å². The van der Waals surface area contributed by atoms with Gasteiger partial charge in [-0.25, -0.2) is 9.78 Å². The Hall–Kier alpha value is -1.90. The molecule has 0 bridgehead atoms. The van der Waals surface area contributed by atoms with Crippen LogP contribution in [0, 0.1) is 0 Å². The van der Waals surface area contributed by atoms with Crippen LogP contribution in [0.15, 0.2) is 17.7 Å². The molecule has 1 aliphatic rings. The Balaban J connectivity index is 2.39. The van der Waals surface area contributed by atoms with Crippen LogP contribution >= 0.6 is 11.6 Å². The average Bonchev–Trinajstić information content (AvgIpc) is 2.72. The van der Waals surface area contributed by atoms with Crippen LogP contribution in [0.3, 0.4) is 0 Å². The molecule has 140 valence electrons. The summed E-state index contributed by atoms with van der Waals surface area (Å²) in [6, 6.07) is 1.41. The molecule has 1 fully saturated rings. The summed E-state index contributed by atoms with van der Waals surface area (Å²) in [6.45, 7) is 9.31. The number of carboxylic acids is 1. The van der Waals surface area contributed by atoms with Gasteiger partial charge >= 0.3 is 13.1 Å². The highest BCUT2D eigenvalue weighted by Gasteiger charge is 2.52. The summed E-state index contributed by atoms with van der Waals surface area (Å²) >= 11 is 5.81. The van der Waals surface area contributed by atoms with Crippen molar-refractivity contribution in [3.8, 4) is 0 Å². The second-order valence-electron chi connectivity index (χ2n) is 7.13. The number of amides is 1. The topological polar surface area (TPSA) is 97.8 Å². The molecule has 9 heteroatoms. The number of carboxylic acid groups (broad SMARTS) is 1. The molecule has 0 radical (unpaired) electrons. The fourth-order valence-electron chi connectivity index (χ4n) is 2.33. The van der Waals surface area contributed by atoms with Gasteiger partial charge in [0.2, 0.25) is 5.91 Å². The first-order valence-corrected chi connectivity index (χ1v) is 8.50. The maximum absolute atomic E-state index is 11.3. The minimum absolute atomic E-state index is 0.0892. The number of carbonyl (C=O) groups is 2. The van der Waals surface area contributed by atoms with E-state index in [9.17, 15) is 14.7 Å². The number of halogens is 1. The van der Waals surface area contributed by atoms with E-state index in [2.05, 4.69) is 10.3 Å². The third-order valence-corrected chi connectivity index (χ3v) is 4.84. The van der Waals surface area contributed by atoms with Crippen molar-refractivity contribution in [1.29, 1.82) is 0 Å². The molecule has 0 saturated carbocycles. The summed E-state index contributed by atoms with van der Waals surface area (Å²) in [5.74, 6) is -1.37. The molecule has 2 heterocycles. The molecule has 2 rings (SSSR count). The third kappa shape index (κ3) is 4.44. The quantitative estimate of drug-likeness (QED) is 0.602. The number of aromatic nitrogens is 1. The lowest BCUT2D eigenvalue weighted by Gasteiger charge is -2.32. The van der Waals surface area contributed by atoms with E-state index in [0.717, 1.165) is 0 Å². The minimum Gasteiger partial charge on any atom is -0.478 e. The molecule has 7 nitrogen and oxygen atoms in total. The molecule has 2 N–H and O–H groups in total. The third-order valence-electron chi connectivity index (χ3n) is 4.54. The minimum atomic E-state index is -1.17. The SMILES string of the molecule is CC(=O)NCC(=Cc1cnc(Cl)c(C(=O)O)c1)B1OC(C)(C)C(C)(C)O1. The largest absolute Gasteiger partial charge is 0.492 e. The molecule has 1 aromatic heterocycles. The monoisotopic (exact) mass is 380 g/mol. The number of nitrogens with zero attached hydrogens (tertiary/aromatic N) is 1. The predicted molar refractivity (Wildman–Crippen MR) is 98.9 cm³/mol. The van der Waals surface area contributed by atoms with Crippen molar-refractivity contribution < 1.29 is 24.0 Å². The van der Waals surface area contributed by atoms with Crippen LogP contribution in [0.25, 0.3) is 6.08 Å². The molecule has 1 aliphatic heterocycles. The highest BCUT2D eigenvalue weighted by atomic mass is 35.5. The van der Waals surface area contributed by atoms with E-state index in [1.54, 1.807) is 6.08 Å². The van der Waals surface area contributed by atoms with Crippen LogP contribution in [-0.2, 0) is 14.1 Å². The normalized spacial score (nSPS) is 18.7. The van der Waals surface area contributed by atoms with Crippen molar-refractivity contribution in [1.82, 2.24) is 10.3 Å². The van der Waals surface area contributed by atoms with Gasteiger partial charge in [0.15, 0.2) is 0 Å². The lowest BCUT2D eigenvalue weighted by Crippen LogP contribution is -2.41. The maximum Gasteiger partial charge on any atom is 0.492 e. The molecule has 0 aromatic carbocycles. The Labute approximate surface area is 157 Å². The van der Waals surface area contributed by atoms with Gasteiger partial charge in [-0.3, -0.25) is 4.79 Å². The summed E-state index contributed by atoms with van der Waals surface area (Å²) < 4.78 is 12.1. The predicted octanol–water partition coefficient (Wildman–Crippen LogP) is 2.58. The van der Waals surface area contributed by atoms with Gasteiger partial charge < -0.3 is 19.7 Å². The Morgan fingerprint density at radius 1 is 1.31 bits per heavy atom. The van der Waals surface area contributed by atoms with E-state index >= 15 is 0 Å². The van der Waals surface area contributed by atoms with Gasteiger partial charge in [0, 0.05) is 19.7 Å². The van der Waals surface area contributed by atoms with Gasteiger partial charge in [-0.15, -0.1) is 0 Å². The highest BCUT2D eigenvalue weighted by Crippen LogP contribution is 2.38. The first-order chi connectivity index (χ1) is 11.9. The number of carbonyl (C=O) groups excluding carboxylic acids is 1. The molecule has 0 atom stereocenters. The first-order valence-electron chi connectivity index (χ1n) is 8.12. The van der Waals surface area contributed by atoms with Gasteiger partial charge in [-0.1, -0.05) is 17.7 Å². The van der Waals surface area contributed by atoms with Crippen molar-refractivity contribution in [3.63, 3.8) is 0 Å². The second-order valence-corrected chi connectivity index (χ2v) is 7.49. The fourth-order valence-corrected chi connectivity index (χ4v) is 2.51. The first kappa shape index (κ1) is 20.4. The molecule has 26 heavy (non-hydrogen) atoms. The van der Waals surface area contributed by atoms with Crippen molar-refractivity contribution in [3.05, 3.63) is 34.0 Å². The Morgan fingerprint density at radius 3 is 2.38 bits per heavy atom. The highest BCUT2D eigenvalue weighted by molar-refractivity contribution is 6.56. The van der Waals surface area contributed by atoms with Gasteiger partial charge in [-0.2, -0.15) is 0 Å². The number of rotatable bonds is 5. The average molecular weight is 381 g/mol. The van der Waals surface area contributed by atoms with E-state index in [1.807, 2.05) is 27.7 Å². The van der Waals surface area contributed by atoms with Gasteiger partial charge in [-0.05, 0) is 44.8 Å². The zero-order chi connectivity index (χ0) is 19.7. The van der Waals surface area contributed by atoms with Crippen LogP contribution in [-0.4, -0.2) is 46.8 Å². The molecular formula is C17H22BClN2O5. The van der Waals surface area contributed by atoms with Crippen molar-refractivity contribution >= 4 is 36.7 Å². The van der Waals surface area contributed by atoms with Crippen LogP contribution < -0.4 is 5.32 Å². The zero-order valence-corrected chi connectivity index (χ0v) is 16.2. The molecule has 1 amide bonds. The number of hydrogen-bond acceptors (Lipinski definition) is 5. The zero-order valence-electron chi connectivity index (χ0n) is 15.4. The smallest absolute Gasteiger partial charge is 0.478 e. The van der Waals surface area contributed by atoms with Crippen molar-refractivity contribution in [2.75, 3.05) is 6.54 Å². The van der Waals surface area contributed by atoms with E-state index in [4.69, 9.17) is 20.9 Å². The second kappa shape index (κ2) is 7.38. The molecule has 0 aliphatic carbocycles. The van der Waals surface area contributed by atoms with Crippen LogP contribution in [0.2, 0.25) is 5.15 Å². The summed E-state index contributed by atoms with van der Waals surface area (Å²) in [6.07, 6.45) is 3.14. The number of pyridine rings is 1. The summed E-state index contributed by atoms with van der Waals surface area (Å²) in [5.41, 5.74) is -0.0380. The molecule has 0 spiro atoms. The summed E-state index contributed by atoms with van der Waals surface area (Å²) in [4.78, 5) is 26.5. The van der Waals surface area contributed by atoms with Crippen LogP contribution in [0.5, 0.6) is 0 Å². The van der Waals surface area contributed by atoms with Gasteiger partial charge in [0.25, 0.3) is 0 Å². The number of nitrogens with one attached hydrogen (secondary N) is 1. The van der Waals surface area contributed by atoms with Crippen LogP contribution in [0.4, 0.5) is 0 Å². The van der Waals surface area contributed by atoms with Crippen molar-refractivity contribution in [2.45, 2.75) is 45.8 Å². The maximum atomic E-state index is 11.3. The number of aromatic carboxylic acids is 1. The van der Waals surface area contributed by atoms with Crippen molar-refractivity contribution in [2.24, 2.45) is 0 Å². The lowest BCUT2D eigenvalue weighted by atomic mass is 9.77. The Morgan fingerprint density at radius 2 is 1.88 bits per heavy atom. The number of hydrogen-bond donors (Lipinski definition) is 2. The fraction of sp³-hybridized carbons (Fsp3) is 0.471. The molecule has 0 unspecified atom stereocenters. The molecular weight excluding hydrogens is 358 g/mol. The van der Waals surface area contributed by atoms with Gasteiger partial charge in [0.05, 0.1) is 16.8 Å². The Kier molecular flexibility index (Phi) is 5.80. The standard InChI is InChI=1S/C17H22BClN2O5/c1-10(22)20-9-12(18-25-16(2,3)17(4,5)26-18)6-11-7-13(15(23)24)14(19)21-8-11/h6-8H,9H2,1-5H3,(H,20,22)(H,23,24). The van der Waals surface area contributed by atoms with E-state index in [0.29, 0.717) is 11.0 Å². The van der Waals surface area contributed by atoms with E-state index in [1.165, 1.54) is 19.2 Å². The Bertz CT molecular complexity index is 748. The van der Waals surface area contributed by atoms with Gasteiger partial charge in [0.1, 0.15) is 5.15 Å². The summed E-state index contributed by atoms with van der Waals surface area (Å²) in [7, 11) is -0.684. The summed E-state index contributed by atoms with van der Waals surface area (Å²) in [5, 5.41) is 11.8. The molecule has 1 saturated heterocycles. The van der Waals surface area contributed by atoms with E-state index in [-0.39, 0.29) is 23.2 Å². The lowest BCUT2D eigenvalue weighted by molar-refractivity contribution is -0.118. The molecule has 1 aromatic rings. The van der Waals surface area contributed by atoms with E-state index < -0.39 is 24.3 Å².